The summed E-state index contributed by atoms with van der Waals surface area (Å²) in [6.07, 6.45) is 24.5. The predicted molar refractivity (Wildman–Crippen MR) is 260 cm³/mol. The Kier molecular flexibility index (Phi) is 34.1. The van der Waals surface area contributed by atoms with Crippen LogP contribution in [0.1, 0.15) is 167 Å². The number of alkyl halides is 3. The molecule has 15 N–H and O–H groups in total. The van der Waals surface area contributed by atoms with E-state index in [1.165, 1.54) is 64.2 Å². The molecule has 0 heterocycles. The molecule has 0 aromatic carbocycles. The number of hydrogen-bond donors (Lipinski definition) is 9. The van der Waals surface area contributed by atoms with E-state index in [0.29, 0.717) is 25.0 Å². The number of rotatable bonds is 38. The third-order valence-corrected chi connectivity index (χ3v) is 11.3. The van der Waals surface area contributed by atoms with Gasteiger partial charge in [-0.25, -0.2) is 9.59 Å². The van der Waals surface area contributed by atoms with Crippen LogP contribution < -0.4 is 45.0 Å². The molecule has 2 fully saturated rings. The van der Waals surface area contributed by atoms with E-state index in [-0.39, 0.29) is 18.0 Å². The van der Waals surface area contributed by atoms with Crippen molar-refractivity contribution in [3.05, 3.63) is 0 Å². The van der Waals surface area contributed by atoms with E-state index in [4.69, 9.17) is 44.3 Å². The maximum Gasteiger partial charge on any atom is 0.490 e. The Labute approximate surface area is 388 Å². The first-order chi connectivity index (χ1) is 31.2. The first kappa shape index (κ1) is 58.6. The van der Waals surface area contributed by atoms with Crippen LogP contribution in [0.5, 0.6) is 0 Å². The molecule has 2 aliphatic rings. The van der Waals surface area contributed by atoms with Crippen molar-refractivity contribution in [1.29, 1.82) is 0 Å². The summed E-state index contributed by atoms with van der Waals surface area (Å²) in [5.74, 6) is 0.254. The lowest BCUT2D eigenvalue weighted by Gasteiger charge is -2.31. The standard InChI is InChI=1S/C43H88N14O.C2HF3O2/c44-39(45)50-27-15-7-1-4-11-19-31-56(32-20-12-5-2-8-17-29-52-41(48)54-35-37-23-24-37)43(58)57(34-22-14-10-16-28-51-40(46)47)33-21-13-6-3-9-18-30-53-42(49)55-36-38-25-26-38;3-2(4,5)1(6)7/h37-38H,1-36H2,(H4,44,45,50)(H4,46,47,51)(H3,48,52,54)(H3,49,53,55);(H,6,7). The number of aliphatic imine (C=N–C) groups is 4. The SMILES string of the molecule is NC(N)=NCCCCCCCCN(CCCCCCCCNC(N)=NCC1CC1)C(=O)N(CCCCCCCCNC(N)=NCC1CC1)CCCCCCN=C(N)N.O=C(O)C(F)(F)F. The normalized spacial score (nSPS) is 14.0. The van der Waals surface area contributed by atoms with Crippen LogP contribution in [0.4, 0.5) is 18.0 Å². The molecule has 2 rings (SSSR count). The van der Waals surface area contributed by atoms with E-state index in [9.17, 15) is 18.0 Å². The van der Waals surface area contributed by atoms with E-state index < -0.39 is 12.1 Å². The highest BCUT2D eigenvalue weighted by atomic mass is 19.4. The number of carboxylic acids is 1. The molecule has 0 aromatic rings. The van der Waals surface area contributed by atoms with Crippen molar-refractivity contribution >= 4 is 35.8 Å². The Bertz CT molecular complexity index is 1350. The molecule has 0 atom stereocenters. The highest BCUT2D eigenvalue weighted by molar-refractivity contribution is 5.78. The fourth-order valence-electron chi connectivity index (χ4n) is 6.98. The molecule has 65 heavy (non-hydrogen) atoms. The van der Waals surface area contributed by atoms with Crippen LogP contribution in [0, 0.1) is 11.8 Å². The Hall–Kier alpha value is -4.39. The minimum atomic E-state index is -5.08. The number of nitrogens with one attached hydrogen (secondary N) is 2. The van der Waals surface area contributed by atoms with Crippen LogP contribution in [0.3, 0.4) is 0 Å². The lowest BCUT2D eigenvalue weighted by atomic mass is 10.1. The molecule has 378 valence electrons. The fourth-order valence-corrected chi connectivity index (χ4v) is 6.98. The number of amides is 2. The zero-order valence-corrected chi connectivity index (χ0v) is 39.7. The number of unbranched alkanes of at least 4 members (excludes halogenated alkanes) is 18. The van der Waals surface area contributed by atoms with E-state index >= 15 is 0 Å². The molecule has 2 aliphatic carbocycles. The molecular weight excluding hydrogens is 842 g/mol. The van der Waals surface area contributed by atoms with Crippen LogP contribution in [0.15, 0.2) is 20.0 Å². The maximum atomic E-state index is 14.3. The van der Waals surface area contributed by atoms with E-state index in [1.54, 1.807) is 0 Å². The van der Waals surface area contributed by atoms with Crippen molar-refractivity contribution < 1.29 is 27.9 Å². The van der Waals surface area contributed by atoms with Gasteiger partial charge in [-0.3, -0.25) is 20.0 Å². The summed E-state index contributed by atoms with van der Waals surface area (Å²) in [6.45, 7) is 8.11. The zero-order chi connectivity index (χ0) is 48.0. The highest BCUT2D eigenvalue weighted by Crippen LogP contribution is 2.29. The number of halogens is 3. The van der Waals surface area contributed by atoms with Gasteiger partial charge in [0.1, 0.15) is 0 Å². The minimum Gasteiger partial charge on any atom is -0.475 e. The molecule has 0 bridgehead atoms. The second kappa shape index (κ2) is 37.8. The number of carboxylic acid groups (broad SMARTS) is 1. The van der Waals surface area contributed by atoms with Gasteiger partial charge in [-0.1, -0.05) is 89.9 Å². The lowest BCUT2D eigenvalue weighted by Crippen LogP contribution is -2.45. The van der Waals surface area contributed by atoms with Crippen molar-refractivity contribution in [2.24, 2.45) is 66.2 Å². The van der Waals surface area contributed by atoms with Gasteiger partial charge in [0, 0.05) is 65.4 Å². The molecule has 0 aliphatic heterocycles. The minimum absolute atomic E-state index is 0.151. The van der Waals surface area contributed by atoms with Gasteiger partial charge in [0.05, 0.1) is 0 Å². The van der Waals surface area contributed by atoms with Crippen molar-refractivity contribution in [3.8, 4) is 0 Å². The first-order valence-electron chi connectivity index (χ1n) is 24.7. The van der Waals surface area contributed by atoms with Crippen LogP contribution in [-0.4, -0.2) is 122 Å². The number of hydrogen-bond acceptors (Lipinski definition) is 6. The second-order valence-electron chi connectivity index (χ2n) is 17.6. The van der Waals surface area contributed by atoms with Gasteiger partial charge in [0.25, 0.3) is 0 Å². The third kappa shape index (κ3) is 38.6. The number of guanidine groups is 4. The van der Waals surface area contributed by atoms with Crippen molar-refractivity contribution in [3.63, 3.8) is 0 Å². The Morgan fingerprint density at radius 1 is 0.477 bits per heavy atom. The molecule has 0 spiro atoms. The number of aliphatic carboxylic acids is 1. The number of carbonyl (C=O) groups is 2. The summed E-state index contributed by atoms with van der Waals surface area (Å²) in [4.78, 5) is 44.6. The summed E-state index contributed by atoms with van der Waals surface area (Å²) in [5.41, 5.74) is 33.9. The van der Waals surface area contributed by atoms with Gasteiger partial charge in [-0.05, 0) is 88.9 Å². The van der Waals surface area contributed by atoms with Crippen molar-refractivity contribution in [1.82, 2.24) is 20.4 Å². The summed E-state index contributed by atoms with van der Waals surface area (Å²) in [7, 11) is 0. The summed E-state index contributed by atoms with van der Waals surface area (Å²) < 4.78 is 31.7. The maximum absolute atomic E-state index is 14.3. The Morgan fingerprint density at radius 2 is 0.754 bits per heavy atom. The average molecular weight is 931 g/mol. The van der Waals surface area contributed by atoms with Gasteiger partial charge in [0.2, 0.25) is 0 Å². The van der Waals surface area contributed by atoms with Crippen molar-refractivity contribution in [2.45, 2.75) is 173 Å². The van der Waals surface area contributed by atoms with Gasteiger partial charge in [0.15, 0.2) is 23.8 Å². The van der Waals surface area contributed by atoms with Crippen LogP contribution in [0.25, 0.3) is 0 Å². The van der Waals surface area contributed by atoms with Crippen molar-refractivity contribution in [2.75, 3.05) is 65.4 Å². The molecule has 0 saturated heterocycles. The van der Waals surface area contributed by atoms with Crippen LogP contribution in [-0.2, 0) is 4.79 Å². The first-order valence-corrected chi connectivity index (χ1v) is 24.7. The summed E-state index contributed by atoms with van der Waals surface area (Å²) in [6, 6.07) is 0.219. The largest absolute Gasteiger partial charge is 0.490 e. The molecule has 0 radical (unpaired) electrons. The average Bonchev–Trinajstić information content (AvgIpc) is 4.20. The van der Waals surface area contributed by atoms with Gasteiger partial charge < -0.3 is 59.9 Å². The number of nitrogens with zero attached hydrogens (tertiary/aromatic N) is 6. The van der Waals surface area contributed by atoms with Gasteiger partial charge >= 0.3 is 18.2 Å². The Balaban J connectivity index is 0.00000277. The molecule has 20 heteroatoms. The van der Waals surface area contributed by atoms with Crippen LogP contribution >= 0.6 is 0 Å². The molecular formula is C45H89F3N14O3. The Morgan fingerprint density at radius 3 is 1.03 bits per heavy atom. The fraction of sp³-hybridized carbons (Fsp3) is 0.867. The number of urea groups is 1. The third-order valence-electron chi connectivity index (χ3n) is 11.3. The van der Waals surface area contributed by atoms with E-state index in [0.717, 1.165) is 167 Å². The molecule has 17 nitrogen and oxygen atoms in total. The smallest absolute Gasteiger partial charge is 0.475 e. The second-order valence-corrected chi connectivity index (χ2v) is 17.6. The molecule has 0 aromatic heterocycles. The number of carbonyl (C=O) groups excluding carboxylic acids is 1. The molecule has 0 unspecified atom stereocenters. The predicted octanol–water partition coefficient (Wildman–Crippen LogP) is 6.10. The summed E-state index contributed by atoms with van der Waals surface area (Å²) in [5, 5.41) is 13.7. The summed E-state index contributed by atoms with van der Waals surface area (Å²) >= 11 is 0. The number of nitrogens with two attached hydrogens (primary N) is 6. The lowest BCUT2D eigenvalue weighted by molar-refractivity contribution is -0.192. The molecule has 2 saturated carbocycles. The van der Waals surface area contributed by atoms with E-state index in [1.807, 2.05) is 0 Å². The van der Waals surface area contributed by atoms with Gasteiger partial charge in [-0.2, -0.15) is 13.2 Å². The topological polar surface area (TPSA) is 290 Å². The van der Waals surface area contributed by atoms with Gasteiger partial charge in [-0.15, -0.1) is 0 Å². The van der Waals surface area contributed by atoms with Crippen LogP contribution in [0.2, 0.25) is 0 Å². The zero-order valence-electron chi connectivity index (χ0n) is 39.7. The molecule has 2 amide bonds. The monoisotopic (exact) mass is 931 g/mol. The highest BCUT2D eigenvalue weighted by Gasteiger charge is 2.38. The quantitative estimate of drug-likeness (QED) is 0.0194. The van der Waals surface area contributed by atoms with E-state index in [2.05, 4.69) is 40.4 Å².